The molecule has 34 heteroatoms. The van der Waals surface area contributed by atoms with E-state index in [0.717, 1.165) is 44.5 Å². The van der Waals surface area contributed by atoms with Crippen LogP contribution < -0.4 is 22.1 Å². The molecule has 4 aromatic carbocycles. The largest absolute Gasteiger partial charge is 0.481 e. The summed E-state index contributed by atoms with van der Waals surface area (Å²) >= 11 is 0. The summed E-state index contributed by atoms with van der Waals surface area (Å²) in [4.78, 5) is 75.8. The number of carboxylic acid groups (broad SMARTS) is 1. The number of carbonyl (C=O) groups excluding carboxylic acids is 5. The van der Waals surface area contributed by atoms with Gasteiger partial charge in [0.1, 0.15) is 105 Å². The average molecular weight is 1710 g/mol. The molecule has 6 aliphatic heterocycles. The Balaban J connectivity index is 0.000000206. The van der Waals surface area contributed by atoms with Crippen LogP contribution in [0.25, 0.3) is 22.3 Å². The Bertz CT molecular complexity index is 4000. The number of ether oxygens (including phenoxy) is 15. The van der Waals surface area contributed by atoms with Crippen molar-refractivity contribution in [1.82, 2.24) is 10.6 Å². The Morgan fingerprint density at radius 2 is 0.777 bits per heavy atom. The minimum Gasteiger partial charge on any atom is -0.481 e. The molecule has 0 spiro atoms. The Hall–Kier alpha value is -7.44. The zero-order chi connectivity index (χ0) is 88.7. The van der Waals surface area contributed by atoms with Crippen LogP contribution in [0.2, 0.25) is 0 Å². The molecule has 15 N–H and O–H groups in total. The molecule has 0 radical (unpaired) electrons. The number of alkyl carbamates (subject to hydrolysis) is 2. The molecule has 121 heavy (non-hydrogen) atoms. The van der Waals surface area contributed by atoms with E-state index in [1.54, 1.807) is 55.4 Å². The summed E-state index contributed by atoms with van der Waals surface area (Å²) in [7, 11) is 0. The summed E-state index contributed by atoms with van der Waals surface area (Å²) in [6, 6.07) is 30.0. The van der Waals surface area contributed by atoms with Crippen molar-refractivity contribution in [2.75, 3.05) is 59.3 Å². The van der Waals surface area contributed by atoms with E-state index in [0.29, 0.717) is 6.61 Å². The number of carbonyl (C=O) groups is 6. The maximum absolute atomic E-state index is 13.2. The number of aliphatic carboxylic acids is 1. The van der Waals surface area contributed by atoms with E-state index in [-0.39, 0.29) is 127 Å². The average Bonchev–Trinajstić information content (AvgIpc) is 1.63. The van der Waals surface area contributed by atoms with Crippen molar-refractivity contribution in [2.24, 2.45) is 11.5 Å². The first kappa shape index (κ1) is 97.4. The lowest BCUT2D eigenvalue weighted by Gasteiger charge is -2.26. The number of carboxylic acids is 1. The predicted octanol–water partition coefficient (Wildman–Crippen LogP) is 5.28. The normalized spacial score (nSPS) is 26.3. The molecular formula is C87H124N4O30. The molecule has 672 valence electrons. The van der Waals surface area contributed by atoms with Crippen LogP contribution in [0.1, 0.15) is 169 Å². The monoisotopic (exact) mass is 1700 g/mol. The highest BCUT2D eigenvalue weighted by atomic mass is 16.8. The molecule has 0 saturated carbocycles. The SMILES string of the molecule is C=CCOC(=O)CC(CC(=O)CC[C@H](O)[C@H]1OC(C)(C)O[C@@H]1[C@H]1COC(C)(C)O1)NC(=O)OCC1c2ccccc2-c2ccccc21.CC1(C)O[C@H]([C@@H](O)CCC(=O)CC(CC(=O)O)NC(=O)OCC2c3ccccc3-c3ccccc32)[C@@H]([C@H]2COC(C)(C)O2)O1.CC1(C)O[C@H]([C@@H](O)CN)[C@@H]([C@H]2COC(C)(C)O2)O1.NC[C@H](O)[C@@H](O)[C@H](O)[C@H](O)CO. The zero-order valence-electron chi connectivity index (χ0n) is 70.8. The van der Waals surface area contributed by atoms with E-state index in [9.17, 15) is 49.2 Å². The van der Waals surface area contributed by atoms with Crippen LogP contribution in [0.3, 0.4) is 0 Å². The van der Waals surface area contributed by atoms with Crippen molar-refractivity contribution >= 4 is 35.7 Å². The van der Waals surface area contributed by atoms with E-state index in [2.05, 4.69) is 17.2 Å². The summed E-state index contributed by atoms with van der Waals surface area (Å²) < 4.78 is 86.4. The first-order valence-electron chi connectivity index (χ1n) is 41.0. The van der Waals surface area contributed by atoms with Crippen molar-refractivity contribution in [3.05, 3.63) is 132 Å². The molecule has 12 rings (SSSR count). The highest BCUT2D eigenvalue weighted by molar-refractivity contribution is 5.83. The highest BCUT2D eigenvalue weighted by Gasteiger charge is 2.55. The maximum atomic E-state index is 13.2. The van der Waals surface area contributed by atoms with Gasteiger partial charge in [-0.25, -0.2) is 9.59 Å². The quantitative estimate of drug-likeness (QED) is 0.0161. The van der Waals surface area contributed by atoms with Crippen LogP contribution in [0.5, 0.6) is 0 Å². The molecule has 0 aromatic heterocycles. The molecule has 34 nitrogen and oxygen atoms in total. The van der Waals surface area contributed by atoms with Crippen LogP contribution in [0, 0.1) is 0 Å². The number of hydrogen-bond donors (Lipinski definition) is 13. The second kappa shape index (κ2) is 42.5. The van der Waals surface area contributed by atoms with Gasteiger partial charge >= 0.3 is 24.1 Å². The lowest BCUT2D eigenvalue weighted by molar-refractivity contribution is -0.175. The summed E-state index contributed by atoms with van der Waals surface area (Å²) in [5.74, 6) is -7.50. The van der Waals surface area contributed by atoms with Gasteiger partial charge in [0.25, 0.3) is 0 Å². The third kappa shape index (κ3) is 27.0. The smallest absolute Gasteiger partial charge is 0.407 e. The third-order valence-electron chi connectivity index (χ3n) is 21.5. The molecular weight excluding hydrogens is 1580 g/mol. The molecule has 2 unspecified atom stereocenters. The number of fused-ring (bicyclic) bond motifs is 6. The van der Waals surface area contributed by atoms with Crippen molar-refractivity contribution < 1.29 is 146 Å². The van der Waals surface area contributed by atoms with E-state index < -0.39 is 169 Å². The Labute approximate surface area is 704 Å². The van der Waals surface area contributed by atoms with Crippen molar-refractivity contribution in [2.45, 2.75) is 291 Å². The number of nitrogens with two attached hydrogens (primary N) is 2. The van der Waals surface area contributed by atoms with Crippen LogP contribution in [-0.4, -0.2) is 285 Å². The topological polar surface area (TPSA) is 499 Å². The van der Waals surface area contributed by atoms with Crippen LogP contribution >= 0.6 is 0 Å². The summed E-state index contributed by atoms with van der Waals surface area (Å²) in [5, 5.41) is 90.8. The fourth-order valence-corrected chi connectivity index (χ4v) is 16.0. The molecule has 18 atom stereocenters. The van der Waals surface area contributed by atoms with Gasteiger partial charge in [-0.3, -0.25) is 19.2 Å². The minimum absolute atomic E-state index is 0.00451. The van der Waals surface area contributed by atoms with E-state index >= 15 is 0 Å². The Kier molecular flexibility index (Phi) is 34.2. The van der Waals surface area contributed by atoms with Gasteiger partial charge < -0.3 is 139 Å². The molecule has 0 bridgehead atoms. The van der Waals surface area contributed by atoms with Crippen molar-refractivity contribution in [3.8, 4) is 22.3 Å². The fourth-order valence-electron chi connectivity index (χ4n) is 16.0. The molecule has 6 fully saturated rings. The van der Waals surface area contributed by atoms with Gasteiger partial charge in [-0.05, 0) is 140 Å². The lowest BCUT2D eigenvalue weighted by atomic mass is 9.97. The van der Waals surface area contributed by atoms with Gasteiger partial charge in [-0.2, -0.15) is 0 Å². The standard InChI is InChI=1S/C36H45NO10.C33H41NO10.C12H23NO5.C6H15NO5/c1-6-17-42-31(40)19-22(37-34(41)43-20-28-26-13-9-7-11-24(26)25-12-8-10-14-27(25)28)18-23(38)15-16-29(39)32-33(47-36(4,5)46-32)30-21-44-35(2,3)45-30;1-32(2)41-18-27(42-32)30-29(43-33(3,4)44-30)26(36)14-13-20(35)15-19(16-28(37)38)34-31(39)40-17-25-23-11-7-5-9-21(23)22-10-6-8-12-24(22)25;1-11(2)15-6-8(16-11)10-9(7(14)5-13)17-12(3,4)18-10;7-1-3(9)5(11)6(12)4(10)2-8/h6-14,22,28-30,32-33,39H,1,15-21H2,2-5H3,(H,37,41);5-12,19,25-27,29-30,36H,13-18H2,1-4H3,(H,34,39)(H,37,38);7-10,14H,5-6,13H2,1-4H3;3-6,8-12H,1-2,7H2/t22?,29-,30+,32+,33+;19?,26-,27+,29+,30+;7-,8+,9+,10+;3-,4+,5+,6+/m0000/s1. The summed E-state index contributed by atoms with van der Waals surface area (Å²) in [6.07, 6.45) is -14.6. The second-order valence-electron chi connectivity index (χ2n) is 33.9. The summed E-state index contributed by atoms with van der Waals surface area (Å²) in [6.45, 7) is 25.4. The maximum Gasteiger partial charge on any atom is 0.407 e. The molecule has 2 aliphatic carbocycles. The van der Waals surface area contributed by atoms with Gasteiger partial charge in [0.05, 0.1) is 63.7 Å². The first-order chi connectivity index (χ1) is 57.0. The van der Waals surface area contributed by atoms with Gasteiger partial charge in [0.15, 0.2) is 34.7 Å². The van der Waals surface area contributed by atoms with E-state index in [4.69, 9.17) is 108 Å². The van der Waals surface area contributed by atoms with Gasteiger partial charge in [0.2, 0.25) is 0 Å². The zero-order valence-corrected chi connectivity index (χ0v) is 70.8. The molecule has 8 aliphatic rings. The van der Waals surface area contributed by atoms with Crippen LogP contribution in [0.4, 0.5) is 9.59 Å². The number of aliphatic hydroxyl groups is 8. The number of rotatable bonds is 34. The fraction of sp³-hybridized carbons (Fsp3) is 0.632. The number of ketones is 2. The number of hydrogen-bond acceptors (Lipinski definition) is 31. The number of Topliss-reactive ketones (excluding diaryl/α,β-unsaturated/α-hetero) is 2. The van der Waals surface area contributed by atoms with Crippen molar-refractivity contribution in [3.63, 3.8) is 0 Å². The first-order valence-corrected chi connectivity index (χ1v) is 41.0. The Morgan fingerprint density at radius 3 is 1.08 bits per heavy atom. The van der Waals surface area contributed by atoms with Crippen molar-refractivity contribution in [1.29, 1.82) is 0 Å². The van der Waals surface area contributed by atoms with Crippen LogP contribution in [-0.2, 0) is 90.2 Å². The molecule has 6 heterocycles. The Morgan fingerprint density at radius 1 is 0.446 bits per heavy atom. The van der Waals surface area contributed by atoms with E-state index in [1.165, 1.54) is 6.08 Å². The lowest BCUT2D eigenvalue weighted by Crippen LogP contribution is -2.48. The number of nitrogens with one attached hydrogen (secondary N) is 2. The van der Waals surface area contributed by atoms with Crippen LogP contribution in [0.15, 0.2) is 110 Å². The highest BCUT2D eigenvalue weighted by Crippen LogP contribution is 2.47. The third-order valence-corrected chi connectivity index (χ3v) is 21.5. The predicted molar refractivity (Wildman–Crippen MR) is 433 cm³/mol. The number of amides is 2. The second-order valence-corrected chi connectivity index (χ2v) is 33.9. The number of aliphatic hydroxyl groups excluding tert-OH is 8. The molecule has 2 amide bonds. The number of benzene rings is 4. The number of esters is 1. The molecule has 6 saturated heterocycles. The van der Waals surface area contributed by atoms with Gasteiger partial charge in [-0.1, -0.05) is 110 Å². The van der Waals surface area contributed by atoms with Gasteiger partial charge in [-0.15, -0.1) is 0 Å². The minimum atomic E-state index is -1.59. The van der Waals surface area contributed by atoms with E-state index in [1.807, 2.05) is 125 Å². The van der Waals surface area contributed by atoms with Gasteiger partial charge in [0, 0.05) is 62.7 Å². The molecule has 4 aromatic rings. The summed E-state index contributed by atoms with van der Waals surface area (Å²) in [5.41, 5.74) is 19.1.